The van der Waals surface area contributed by atoms with Gasteiger partial charge in [-0.25, -0.2) is 0 Å². The lowest BCUT2D eigenvalue weighted by atomic mass is 9.69. The molecule has 3 aliphatic carbocycles. The summed E-state index contributed by atoms with van der Waals surface area (Å²) in [5.74, 6) is 0.870. The van der Waals surface area contributed by atoms with E-state index < -0.39 is 8.32 Å². The Morgan fingerprint density at radius 2 is 1.91 bits per heavy atom. The molecule has 0 bridgehead atoms. The van der Waals surface area contributed by atoms with Gasteiger partial charge in [-0.05, 0) is 69.2 Å². The first-order chi connectivity index (χ1) is 15.0. The van der Waals surface area contributed by atoms with Gasteiger partial charge in [0.1, 0.15) is 12.4 Å². The zero-order valence-corrected chi connectivity index (χ0v) is 22.6. The fraction of sp³-hybridized carbons (Fsp3) is 0.846. The minimum atomic E-state index is -1.81. The summed E-state index contributed by atoms with van der Waals surface area (Å²) in [6.45, 7) is 15.2. The van der Waals surface area contributed by atoms with Gasteiger partial charge in [-0.2, -0.15) is 0 Å². The molecule has 0 heterocycles. The van der Waals surface area contributed by atoms with E-state index in [0.717, 1.165) is 32.1 Å². The summed E-state index contributed by atoms with van der Waals surface area (Å²) in [6.07, 6.45) is 7.14. The van der Waals surface area contributed by atoms with Crippen molar-refractivity contribution in [2.24, 2.45) is 23.2 Å². The van der Waals surface area contributed by atoms with Gasteiger partial charge in [0.2, 0.25) is 0 Å². The van der Waals surface area contributed by atoms with Crippen LogP contribution in [-0.2, 0) is 18.6 Å². The number of hydrogen-bond acceptors (Lipinski definition) is 5. The minimum Gasteiger partial charge on any atom is -0.406 e. The quantitative estimate of drug-likeness (QED) is 0.216. The Morgan fingerprint density at radius 1 is 1.19 bits per heavy atom. The van der Waals surface area contributed by atoms with Gasteiger partial charge in [0.25, 0.3) is 0 Å². The van der Waals surface area contributed by atoms with Crippen LogP contribution in [0.15, 0.2) is 22.8 Å². The molecule has 6 heteroatoms. The summed E-state index contributed by atoms with van der Waals surface area (Å²) in [5, 5.41) is 11.4. The van der Waals surface area contributed by atoms with Gasteiger partial charge in [0.05, 0.1) is 19.3 Å². The van der Waals surface area contributed by atoms with Gasteiger partial charge in [0, 0.05) is 25.6 Å². The Labute approximate surface area is 196 Å². The topological polar surface area (TPSA) is 57.2 Å². The maximum Gasteiger partial charge on any atom is 0.185 e. The summed E-state index contributed by atoms with van der Waals surface area (Å²) < 4.78 is 23.5. The highest BCUT2D eigenvalue weighted by Crippen LogP contribution is 2.56. The third-order valence-corrected chi connectivity index (χ3v) is 8.95. The highest BCUT2D eigenvalue weighted by molar-refractivity contribution is 6.69. The smallest absolute Gasteiger partial charge is 0.185 e. The second-order valence-corrected chi connectivity index (χ2v) is 16.0. The van der Waals surface area contributed by atoms with Crippen molar-refractivity contribution in [2.75, 3.05) is 34.2 Å². The molecule has 0 saturated heterocycles. The van der Waals surface area contributed by atoms with Gasteiger partial charge in [0.15, 0.2) is 8.32 Å². The number of ether oxygens (including phenoxy) is 3. The Kier molecular flexibility index (Phi) is 8.16. The molecule has 0 spiro atoms. The molecule has 6 atom stereocenters. The molecule has 5 nitrogen and oxygen atoms in total. The van der Waals surface area contributed by atoms with Gasteiger partial charge in [-0.15, -0.1) is 0 Å². The Bertz CT molecular complexity index is 726. The molecule has 1 fully saturated rings. The van der Waals surface area contributed by atoms with E-state index in [2.05, 4.69) is 46.5 Å². The SMILES string of the molecule is COCOC[C@@H](C)C1=C2C[C@@H](O)[C@H](C)[C@@H]3CC[C@@](COC)(O[Si](C)(C)C)/C3=C/[C@@]2(C)CC1. The largest absolute Gasteiger partial charge is 0.406 e. The van der Waals surface area contributed by atoms with Crippen LogP contribution >= 0.6 is 0 Å². The zero-order valence-electron chi connectivity index (χ0n) is 21.6. The molecule has 0 aromatic carbocycles. The van der Waals surface area contributed by atoms with Gasteiger partial charge >= 0.3 is 0 Å². The monoisotopic (exact) mass is 466 g/mol. The maximum atomic E-state index is 11.4. The van der Waals surface area contributed by atoms with Gasteiger partial charge < -0.3 is 23.7 Å². The first kappa shape index (κ1) is 26.1. The van der Waals surface area contributed by atoms with Gasteiger partial charge in [-0.1, -0.05) is 38.0 Å². The number of methoxy groups -OCH3 is 2. The fourth-order valence-electron chi connectivity index (χ4n) is 6.47. The molecule has 0 radical (unpaired) electrons. The van der Waals surface area contributed by atoms with E-state index in [1.165, 1.54) is 16.7 Å². The Hall–Kier alpha value is -0.503. The lowest BCUT2D eigenvalue weighted by Crippen LogP contribution is -2.47. The molecule has 0 aromatic rings. The first-order valence-electron chi connectivity index (χ1n) is 12.4. The highest BCUT2D eigenvalue weighted by atomic mass is 28.4. The highest BCUT2D eigenvalue weighted by Gasteiger charge is 2.52. The van der Waals surface area contributed by atoms with Crippen LogP contribution < -0.4 is 0 Å². The van der Waals surface area contributed by atoms with Crippen molar-refractivity contribution >= 4 is 8.32 Å². The van der Waals surface area contributed by atoms with Crippen molar-refractivity contribution in [2.45, 2.75) is 84.2 Å². The number of rotatable bonds is 9. The lowest BCUT2D eigenvalue weighted by molar-refractivity contribution is -0.0383. The molecule has 0 unspecified atom stereocenters. The van der Waals surface area contributed by atoms with E-state index in [-0.39, 0.29) is 23.0 Å². The number of fused-ring (bicyclic) bond motifs is 2. The second-order valence-electron chi connectivity index (χ2n) is 11.6. The lowest BCUT2D eigenvalue weighted by Gasteiger charge is -2.42. The standard InChI is InChI=1S/C26H46O5Si/c1-18(15-30-17-29-5)20-9-11-25(3)14-23-21(19(2)24(27)13-22(20)25)10-12-26(23,16-28-4)31-32(6,7)8/h14,18-19,21,24,27H,9-13,15-17H2,1-8H3/b23-14+/t18-,19-,21+,24-,25-,26+/m1/s1. The molecular weight excluding hydrogens is 420 g/mol. The predicted octanol–water partition coefficient (Wildman–Crippen LogP) is 5.31. The normalized spacial score (nSPS) is 38.0. The van der Waals surface area contributed by atoms with E-state index >= 15 is 0 Å². The van der Waals surface area contributed by atoms with Crippen LogP contribution in [0, 0.1) is 23.2 Å². The molecule has 1 saturated carbocycles. The summed E-state index contributed by atoms with van der Waals surface area (Å²) in [6, 6.07) is 0. The third kappa shape index (κ3) is 5.26. The summed E-state index contributed by atoms with van der Waals surface area (Å²) in [4.78, 5) is 0. The number of aliphatic hydroxyl groups is 1. The molecular formula is C26H46O5Si. The second kappa shape index (κ2) is 10.0. The zero-order chi connectivity index (χ0) is 23.7. The summed E-state index contributed by atoms with van der Waals surface area (Å²) >= 11 is 0. The predicted molar refractivity (Wildman–Crippen MR) is 131 cm³/mol. The Balaban J connectivity index is 2.06. The maximum absolute atomic E-state index is 11.4. The van der Waals surface area contributed by atoms with E-state index in [1.807, 2.05) is 0 Å². The molecule has 0 aromatic heterocycles. The molecule has 3 rings (SSSR count). The van der Waals surface area contributed by atoms with Crippen LogP contribution in [-0.4, -0.2) is 59.4 Å². The molecule has 0 aliphatic heterocycles. The average Bonchev–Trinajstić information content (AvgIpc) is 3.18. The molecule has 0 amide bonds. The van der Waals surface area contributed by atoms with E-state index in [9.17, 15) is 5.11 Å². The van der Waals surface area contributed by atoms with Gasteiger partial charge in [-0.3, -0.25) is 0 Å². The number of aliphatic hydroxyl groups excluding tert-OH is 1. The van der Waals surface area contributed by atoms with Crippen LogP contribution in [0.4, 0.5) is 0 Å². The Morgan fingerprint density at radius 3 is 2.53 bits per heavy atom. The molecule has 32 heavy (non-hydrogen) atoms. The number of hydrogen-bond donors (Lipinski definition) is 1. The first-order valence-corrected chi connectivity index (χ1v) is 15.8. The van der Waals surface area contributed by atoms with E-state index in [1.54, 1.807) is 14.2 Å². The van der Waals surface area contributed by atoms with Crippen LogP contribution in [0.25, 0.3) is 0 Å². The van der Waals surface area contributed by atoms with Crippen LogP contribution in [0.1, 0.15) is 52.9 Å². The molecule has 184 valence electrons. The fourth-order valence-corrected chi connectivity index (χ4v) is 7.92. The van der Waals surface area contributed by atoms with E-state index in [4.69, 9.17) is 18.6 Å². The van der Waals surface area contributed by atoms with Crippen molar-refractivity contribution in [3.05, 3.63) is 22.8 Å². The van der Waals surface area contributed by atoms with Crippen molar-refractivity contribution in [1.29, 1.82) is 0 Å². The minimum absolute atomic E-state index is 0.0499. The van der Waals surface area contributed by atoms with E-state index in [0.29, 0.717) is 31.8 Å². The summed E-state index contributed by atoms with van der Waals surface area (Å²) in [7, 11) is 1.63. The molecule has 1 N–H and O–H groups in total. The van der Waals surface area contributed by atoms with Crippen LogP contribution in [0.5, 0.6) is 0 Å². The molecule has 3 aliphatic rings. The average molecular weight is 467 g/mol. The van der Waals surface area contributed by atoms with Crippen molar-refractivity contribution in [3.8, 4) is 0 Å². The third-order valence-electron chi connectivity index (χ3n) is 7.95. The van der Waals surface area contributed by atoms with Crippen molar-refractivity contribution in [1.82, 2.24) is 0 Å². The van der Waals surface area contributed by atoms with Crippen LogP contribution in [0.3, 0.4) is 0 Å². The summed E-state index contributed by atoms with van der Waals surface area (Å²) in [5.41, 5.74) is 3.86. The van der Waals surface area contributed by atoms with Crippen molar-refractivity contribution < 1.29 is 23.7 Å². The van der Waals surface area contributed by atoms with Crippen molar-refractivity contribution in [3.63, 3.8) is 0 Å². The number of allylic oxidation sites excluding steroid dienone is 1. The van der Waals surface area contributed by atoms with Crippen LogP contribution in [0.2, 0.25) is 19.6 Å².